The van der Waals surface area contributed by atoms with Gasteiger partial charge >= 0.3 is 0 Å². The summed E-state index contributed by atoms with van der Waals surface area (Å²) in [6.45, 7) is 3.29. The number of benzene rings is 1. The summed E-state index contributed by atoms with van der Waals surface area (Å²) < 4.78 is 5.69. The second-order valence-electron chi connectivity index (χ2n) is 4.45. The zero-order chi connectivity index (χ0) is 13.1. The zero-order valence-corrected chi connectivity index (χ0v) is 11.1. The quantitative estimate of drug-likeness (QED) is 0.886. The molecule has 0 aliphatic carbocycles. The normalized spacial score (nSPS) is 21.7. The lowest BCUT2D eigenvalue weighted by atomic mass is 10.1. The molecule has 1 aromatic rings. The van der Waals surface area contributed by atoms with E-state index in [1.165, 1.54) is 0 Å². The molecule has 1 heterocycles. The third kappa shape index (κ3) is 2.83. The molecule has 1 aliphatic heterocycles. The van der Waals surface area contributed by atoms with Gasteiger partial charge in [0.1, 0.15) is 6.10 Å². The minimum absolute atomic E-state index is 0.0460. The van der Waals surface area contributed by atoms with Crippen molar-refractivity contribution in [3.05, 3.63) is 34.9 Å². The van der Waals surface area contributed by atoms with Crippen LogP contribution in [0.4, 0.5) is 0 Å². The van der Waals surface area contributed by atoms with E-state index < -0.39 is 6.04 Å². The maximum Gasteiger partial charge on any atom is 0.239 e. The Balaban J connectivity index is 2.12. The number of ether oxygens (including phenoxy) is 1. The van der Waals surface area contributed by atoms with E-state index in [0.717, 1.165) is 5.56 Å². The lowest BCUT2D eigenvalue weighted by Crippen LogP contribution is -2.48. The molecule has 1 aromatic carbocycles. The summed E-state index contributed by atoms with van der Waals surface area (Å²) in [5.74, 6) is -0.0460. The van der Waals surface area contributed by atoms with Crippen molar-refractivity contribution in [2.45, 2.75) is 19.1 Å². The Hall–Kier alpha value is -1.10. The Labute approximate surface area is 112 Å². The first-order valence-corrected chi connectivity index (χ1v) is 6.38. The van der Waals surface area contributed by atoms with Crippen LogP contribution in [0, 0.1) is 0 Å². The molecule has 1 amide bonds. The molecule has 0 unspecified atom stereocenters. The number of halogens is 1. The van der Waals surface area contributed by atoms with Crippen molar-refractivity contribution in [1.29, 1.82) is 0 Å². The predicted octanol–water partition coefficient (Wildman–Crippen LogP) is 1.59. The van der Waals surface area contributed by atoms with Crippen molar-refractivity contribution in [1.82, 2.24) is 4.90 Å². The summed E-state index contributed by atoms with van der Waals surface area (Å²) in [6, 6.07) is 7.06. The van der Waals surface area contributed by atoms with E-state index in [1.54, 1.807) is 11.8 Å². The molecular weight excluding hydrogens is 252 g/mol. The first-order valence-electron chi connectivity index (χ1n) is 6.00. The lowest BCUT2D eigenvalue weighted by Gasteiger charge is -2.34. The second-order valence-corrected chi connectivity index (χ2v) is 4.86. The molecule has 98 valence electrons. The van der Waals surface area contributed by atoms with Gasteiger partial charge in [-0.2, -0.15) is 0 Å². The minimum Gasteiger partial charge on any atom is -0.370 e. The number of nitrogens with zero attached hydrogens (tertiary/aromatic N) is 1. The number of carbonyl (C=O) groups is 1. The first-order chi connectivity index (χ1) is 8.59. The van der Waals surface area contributed by atoms with Gasteiger partial charge in [-0.1, -0.05) is 29.8 Å². The van der Waals surface area contributed by atoms with E-state index in [9.17, 15) is 4.79 Å². The van der Waals surface area contributed by atoms with Crippen LogP contribution >= 0.6 is 11.6 Å². The molecule has 4 nitrogen and oxygen atoms in total. The highest BCUT2D eigenvalue weighted by atomic mass is 35.5. The van der Waals surface area contributed by atoms with Gasteiger partial charge in [0.15, 0.2) is 0 Å². The standard InChI is InChI=1S/C13H17ClN2O2/c1-9(15)13(17)16-6-7-18-12(8-16)10-4-2-3-5-11(10)14/h2-5,9,12H,6-8,15H2,1H3/t9-,12+/m0/s1. The molecule has 5 heteroatoms. The molecule has 0 spiro atoms. The molecular formula is C13H17ClN2O2. The number of hydrogen-bond donors (Lipinski definition) is 1. The fraction of sp³-hybridized carbons (Fsp3) is 0.462. The van der Waals surface area contributed by atoms with Gasteiger partial charge in [0, 0.05) is 17.1 Å². The molecule has 2 rings (SSSR count). The maximum absolute atomic E-state index is 11.9. The van der Waals surface area contributed by atoms with E-state index in [-0.39, 0.29) is 12.0 Å². The van der Waals surface area contributed by atoms with Crippen LogP contribution in [-0.4, -0.2) is 36.5 Å². The van der Waals surface area contributed by atoms with Gasteiger partial charge in [-0.25, -0.2) is 0 Å². The van der Waals surface area contributed by atoms with Gasteiger partial charge in [-0.15, -0.1) is 0 Å². The van der Waals surface area contributed by atoms with E-state index in [1.807, 2.05) is 24.3 Å². The Morgan fingerprint density at radius 1 is 1.56 bits per heavy atom. The molecule has 0 bridgehead atoms. The Morgan fingerprint density at radius 3 is 2.94 bits per heavy atom. The van der Waals surface area contributed by atoms with Crippen LogP contribution in [0.15, 0.2) is 24.3 Å². The monoisotopic (exact) mass is 268 g/mol. The van der Waals surface area contributed by atoms with E-state index in [4.69, 9.17) is 22.1 Å². The van der Waals surface area contributed by atoms with Crippen LogP contribution in [0.25, 0.3) is 0 Å². The second kappa shape index (κ2) is 5.69. The van der Waals surface area contributed by atoms with Crippen LogP contribution in [0.5, 0.6) is 0 Å². The highest BCUT2D eigenvalue weighted by molar-refractivity contribution is 6.31. The van der Waals surface area contributed by atoms with Gasteiger partial charge in [0.2, 0.25) is 5.91 Å². The Morgan fingerprint density at radius 2 is 2.28 bits per heavy atom. The smallest absolute Gasteiger partial charge is 0.239 e. The van der Waals surface area contributed by atoms with Crippen LogP contribution in [0.2, 0.25) is 5.02 Å². The molecule has 1 aliphatic rings. The highest BCUT2D eigenvalue weighted by Gasteiger charge is 2.27. The van der Waals surface area contributed by atoms with E-state index >= 15 is 0 Å². The Kier molecular flexibility index (Phi) is 4.22. The van der Waals surface area contributed by atoms with Crippen molar-refractivity contribution in [2.75, 3.05) is 19.7 Å². The molecule has 1 saturated heterocycles. The van der Waals surface area contributed by atoms with Crippen molar-refractivity contribution >= 4 is 17.5 Å². The van der Waals surface area contributed by atoms with Gasteiger partial charge in [-0.05, 0) is 13.0 Å². The van der Waals surface area contributed by atoms with Gasteiger partial charge in [-0.3, -0.25) is 4.79 Å². The highest BCUT2D eigenvalue weighted by Crippen LogP contribution is 2.28. The number of carbonyl (C=O) groups excluding carboxylic acids is 1. The number of rotatable bonds is 2. The van der Waals surface area contributed by atoms with Crippen molar-refractivity contribution < 1.29 is 9.53 Å². The average Bonchev–Trinajstić information content (AvgIpc) is 2.38. The average molecular weight is 269 g/mol. The largest absolute Gasteiger partial charge is 0.370 e. The molecule has 18 heavy (non-hydrogen) atoms. The van der Waals surface area contributed by atoms with Crippen LogP contribution in [-0.2, 0) is 9.53 Å². The summed E-state index contributed by atoms with van der Waals surface area (Å²) in [5, 5.41) is 0.664. The fourth-order valence-electron chi connectivity index (χ4n) is 2.06. The summed E-state index contributed by atoms with van der Waals surface area (Å²) in [7, 11) is 0. The fourth-order valence-corrected chi connectivity index (χ4v) is 2.32. The van der Waals surface area contributed by atoms with Crippen molar-refractivity contribution in [3.8, 4) is 0 Å². The van der Waals surface area contributed by atoms with Gasteiger partial charge < -0.3 is 15.4 Å². The number of amides is 1. The molecule has 1 fully saturated rings. The zero-order valence-electron chi connectivity index (χ0n) is 10.3. The van der Waals surface area contributed by atoms with Gasteiger partial charge in [0.05, 0.1) is 19.2 Å². The number of nitrogens with two attached hydrogens (primary N) is 1. The molecule has 0 saturated carbocycles. The maximum atomic E-state index is 11.9. The molecule has 2 atom stereocenters. The van der Waals surface area contributed by atoms with Crippen molar-refractivity contribution in [3.63, 3.8) is 0 Å². The van der Waals surface area contributed by atoms with Crippen LogP contribution in [0.3, 0.4) is 0 Å². The lowest BCUT2D eigenvalue weighted by molar-refractivity contribution is -0.140. The minimum atomic E-state index is -0.477. The third-order valence-corrected chi connectivity index (χ3v) is 3.36. The summed E-state index contributed by atoms with van der Waals surface area (Å²) in [5.41, 5.74) is 6.54. The summed E-state index contributed by atoms with van der Waals surface area (Å²) in [4.78, 5) is 13.6. The summed E-state index contributed by atoms with van der Waals surface area (Å²) >= 11 is 6.14. The molecule has 0 aromatic heterocycles. The molecule has 0 radical (unpaired) electrons. The first kappa shape index (κ1) is 13.3. The van der Waals surface area contributed by atoms with Crippen LogP contribution < -0.4 is 5.73 Å². The number of hydrogen-bond acceptors (Lipinski definition) is 3. The Bertz CT molecular complexity index is 437. The van der Waals surface area contributed by atoms with E-state index in [2.05, 4.69) is 0 Å². The SMILES string of the molecule is C[C@H](N)C(=O)N1CCO[C@@H](c2ccccc2Cl)C1. The number of morpholine rings is 1. The van der Waals surface area contributed by atoms with E-state index in [0.29, 0.717) is 24.7 Å². The van der Waals surface area contributed by atoms with Crippen LogP contribution in [0.1, 0.15) is 18.6 Å². The summed E-state index contributed by atoms with van der Waals surface area (Å²) in [6.07, 6.45) is -0.171. The predicted molar refractivity (Wildman–Crippen MR) is 70.4 cm³/mol. The third-order valence-electron chi connectivity index (χ3n) is 3.02. The van der Waals surface area contributed by atoms with Crippen molar-refractivity contribution in [2.24, 2.45) is 5.73 Å². The topological polar surface area (TPSA) is 55.6 Å². The van der Waals surface area contributed by atoms with Gasteiger partial charge in [0.25, 0.3) is 0 Å². The molecule has 2 N–H and O–H groups in total.